The number of carbonyl (C=O) groups excluding carboxylic acids is 1. The molecule has 146 valence electrons. The molecule has 0 atom stereocenters. The molecule has 0 aliphatic carbocycles. The molecule has 2 aromatic heterocycles. The van der Waals surface area contributed by atoms with Crippen LogP contribution in [0.5, 0.6) is 5.75 Å². The predicted octanol–water partition coefficient (Wildman–Crippen LogP) is 4.32. The number of fused-ring (bicyclic) bond motifs is 2. The van der Waals surface area contributed by atoms with Crippen molar-refractivity contribution >= 4 is 33.5 Å². The Balaban J connectivity index is 1.72. The van der Waals surface area contributed by atoms with Gasteiger partial charge in [-0.25, -0.2) is 4.79 Å². The standard InChI is InChI=1S/C20H11F3N2O4/c21-20(22,23)14-9-16(26)29-15-8-11(4-6-12(14)15)25-19(28)13-5-3-10-2-1-7-24-17(10)18(13)27/h1-9,27H,(H,25,28). The van der Waals surface area contributed by atoms with Crippen LogP contribution in [0, 0.1) is 0 Å². The molecule has 2 heterocycles. The number of amides is 1. The van der Waals surface area contributed by atoms with E-state index in [1.807, 2.05) is 0 Å². The summed E-state index contributed by atoms with van der Waals surface area (Å²) in [5.74, 6) is -1.03. The predicted molar refractivity (Wildman–Crippen MR) is 98.8 cm³/mol. The number of alkyl halides is 3. The quantitative estimate of drug-likeness (QED) is 0.489. The Morgan fingerprint density at radius 2 is 1.90 bits per heavy atom. The Bertz CT molecular complexity index is 1330. The van der Waals surface area contributed by atoms with Gasteiger partial charge >= 0.3 is 11.8 Å². The molecule has 0 aliphatic rings. The van der Waals surface area contributed by atoms with Gasteiger partial charge in [-0.15, -0.1) is 0 Å². The second kappa shape index (κ2) is 6.62. The van der Waals surface area contributed by atoms with E-state index in [-0.39, 0.29) is 33.5 Å². The van der Waals surface area contributed by atoms with Gasteiger partial charge in [0, 0.05) is 34.8 Å². The molecule has 9 heteroatoms. The number of anilines is 1. The van der Waals surface area contributed by atoms with Crippen LogP contribution in [0.3, 0.4) is 0 Å². The topological polar surface area (TPSA) is 92.4 Å². The summed E-state index contributed by atoms with van der Waals surface area (Å²) in [6.07, 6.45) is -3.27. The number of hydrogen-bond donors (Lipinski definition) is 2. The number of halogens is 3. The van der Waals surface area contributed by atoms with E-state index in [2.05, 4.69) is 10.3 Å². The van der Waals surface area contributed by atoms with E-state index in [0.717, 1.165) is 12.1 Å². The summed E-state index contributed by atoms with van der Waals surface area (Å²) in [5, 5.41) is 13.1. The Hall–Kier alpha value is -3.88. The van der Waals surface area contributed by atoms with Crippen molar-refractivity contribution in [3.05, 3.63) is 76.3 Å². The SMILES string of the molecule is O=C(Nc1ccc2c(C(F)(F)F)cc(=O)oc2c1)c1ccc2cccnc2c1O. The van der Waals surface area contributed by atoms with Crippen LogP contribution < -0.4 is 10.9 Å². The van der Waals surface area contributed by atoms with Crippen LogP contribution in [0.4, 0.5) is 18.9 Å². The molecule has 0 saturated carbocycles. The van der Waals surface area contributed by atoms with Gasteiger partial charge in [-0.1, -0.05) is 12.1 Å². The Morgan fingerprint density at radius 1 is 1.10 bits per heavy atom. The molecule has 6 nitrogen and oxygen atoms in total. The number of aromatic hydroxyl groups is 1. The summed E-state index contributed by atoms with van der Waals surface area (Å²) < 4.78 is 44.2. The van der Waals surface area contributed by atoms with Gasteiger partial charge in [-0.05, 0) is 24.3 Å². The van der Waals surface area contributed by atoms with Crippen molar-refractivity contribution in [2.24, 2.45) is 0 Å². The average Bonchev–Trinajstić information content (AvgIpc) is 2.66. The summed E-state index contributed by atoms with van der Waals surface area (Å²) in [6, 6.07) is 10.2. The van der Waals surface area contributed by atoms with Crippen molar-refractivity contribution in [1.82, 2.24) is 4.98 Å². The van der Waals surface area contributed by atoms with Crippen molar-refractivity contribution in [2.45, 2.75) is 6.18 Å². The van der Waals surface area contributed by atoms with E-state index in [1.54, 1.807) is 18.2 Å². The van der Waals surface area contributed by atoms with Gasteiger partial charge in [0.2, 0.25) is 0 Å². The lowest BCUT2D eigenvalue weighted by molar-refractivity contribution is -0.136. The third-order valence-corrected chi connectivity index (χ3v) is 4.30. The number of pyridine rings is 1. The largest absolute Gasteiger partial charge is 0.505 e. The summed E-state index contributed by atoms with van der Waals surface area (Å²) in [6.45, 7) is 0. The first kappa shape index (κ1) is 18.5. The third kappa shape index (κ3) is 3.38. The van der Waals surface area contributed by atoms with Crippen LogP contribution in [0.15, 0.2) is 63.9 Å². The van der Waals surface area contributed by atoms with Crippen LogP contribution >= 0.6 is 0 Å². The number of benzene rings is 2. The lowest BCUT2D eigenvalue weighted by Crippen LogP contribution is -2.13. The minimum Gasteiger partial charge on any atom is -0.505 e. The minimum absolute atomic E-state index is 0.0678. The fourth-order valence-corrected chi connectivity index (χ4v) is 2.99. The molecule has 0 saturated heterocycles. The summed E-state index contributed by atoms with van der Waals surface area (Å²) in [7, 11) is 0. The van der Waals surface area contributed by atoms with E-state index >= 15 is 0 Å². The highest BCUT2D eigenvalue weighted by molar-refractivity contribution is 6.09. The van der Waals surface area contributed by atoms with E-state index in [4.69, 9.17) is 4.42 Å². The monoisotopic (exact) mass is 400 g/mol. The van der Waals surface area contributed by atoms with E-state index < -0.39 is 23.3 Å². The van der Waals surface area contributed by atoms with Crippen LogP contribution in [0.2, 0.25) is 0 Å². The van der Waals surface area contributed by atoms with Gasteiger partial charge in [0.15, 0.2) is 5.75 Å². The first-order valence-electron chi connectivity index (χ1n) is 8.27. The number of phenolic OH excluding ortho intramolecular Hbond substituents is 1. The molecule has 29 heavy (non-hydrogen) atoms. The summed E-state index contributed by atoms with van der Waals surface area (Å²) in [5.41, 5.74) is -2.36. The molecule has 0 aliphatic heterocycles. The zero-order chi connectivity index (χ0) is 20.8. The number of hydrogen-bond acceptors (Lipinski definition) is 5. The second-order valence-corrected chi connectivity index (χ2v) is 6.18. The third-order valence-electron chi connectivity index (χ3n) is 4.30. The molecule has 4 aromatic rings. The van der Waals surface area contributed by atoms with Gasteiger partial charge in [0.25, 0.3) is 5.91 Å². The van der Waals surface area contributed by atoms with Gasteiger partial charge in [-0.2, -0.15) is 13.2 Å². The fourth-order valence-electron chi connectivity index (χ4n) is 2.99. The first-order valence-corrected chi connectivity index (χ1v) is 8.27. The molecule has 0 unspecified atom stereocenters. The van der Waals surface area contributed by atoms with E-state index in [1.165, 1.54) is 18.3 Å². The normalized spacial score (nSPS) is 11.7. The van der Waals surface area contributed by atoms with Crippen LogP contribution in [0.1, 0.15) is 15.9 Å². The molecule has 2 N–H and O–H groups in total. The highest BCUT2D eigenvalue weighted by Crippen LogP contribution is 2.35. The van der Waals surface area contributed by atoms with Crippen molar-refractivity contribution in [1.29, 1.82) is 0 Å². The summed E-state index contributed by atoms with van der Waals surface area (Å²) >= 11 is 0. The Kier molecular flexibility index (Phi) is 4.22. The number of carbonyl (C=O) groups is 1. The fraction of sp³-hybridized carbons (Fsp3) is 0.0500. The van der Waals surface area contributed by atoms with Gasteiger partial charge in [0.1, 0.15) is 11.1 Å². The first-order chi connectivity index (χ1) is 13.7. The van der Waals surface area contributed by atoms with Crippen LogP contribution in [0.25, 0.3) is 21.9 Å². The van der Waals surface area contributed by atoms with Gasteiger partial charge in [0.05, 0.1) is 11.1 Å². The number of aromatic nitrogens is 1. The molecular formula is C20H11F3N2O4. The van der Waals surface area contributed by atoms with Crippen molar-refractivity contribution < 1.29 is 27.5 Å². The van der Waals surface area contributed by atoms with Crippen LogP contribution in [-0.2, 0) is 6.18 Å². The maximum absolute atomic E-state index is 13.1. The highest BCUT2D eigenvalue weighted by Gasteiger charge is 2.33. The van der Waals surface area contributed by atoms with Crippen molar-refractivity contribution in [3.8, 4) is 5.75 Å². The summed E-state index contributed by atoms with van der Waals surface area (Å²) in [4.78, 5) is 28.0. The van der Waals surface area contributed by atoms with Gasteiger partial charge < -0.3 is 14.8 Å². The molecule has 0 radical (unpaired) electrons. The molecule has 2 aromatic carbocycles. The lowest BCUT2D eigenvalue weighted by atomic mass is 10.1. The maximum Gasteiger partial charge on any atom is 0.417 e. The Labute approximate surface area is 160 Å². The highest BCUT2D eigenvalue weighted by atomic mass is 19.4. The lowest BCUT2D eigenvalue weighted by Gasteiger charge is -2.11. The number of rotatable bonds is 2. The molecule has 0 bridgehead atoms. The zero-order valence-corrected chi connectivity index (χ0v) is 14.4. The molecule has 4 rings (SSSR count). The van der Waals surface area contributed by atoms with E-state index in [9.17, 15) is 27.9 Å². The minimum atomic E-state index is -4.73. The molecule has 0 fully saturated rings. The number of nitrogens with zero attached hydrogens (tertiary/aromatic N) is 1. The van der Waals surface area contributed by atoms with Crippen LogP contribution in [-0.4, -0.2) is 16.0 Å². The zero-order valence-electron chi connectivity index (χ0n) is 14.4. The number of phenols is 1. The maximum atomic E-state index is 13.1. The Morgan fingerprint density at radius 3 is 2.66 bits per heavy atom. The molecule has 1 amide bonds. The smallest absolute Gasteiger partial charge is 0.417 e. The van der Waals surface area contributed by atoms with Crippen molar-refractivity contribution in [2.75, 3.05) is 5.32 Å². The average molecular weight is 400 g/mol. The number of nitrogens with one attached hydrogen (secondary N) is 1. The van der Waals surface area contributed by atoms with Crippen molar-refractivity contribution in [3.63, 3.8) is 0 Å². The molecule has 0 spiro atoms. The van der Waals surface area contributed by atoms with Gasteiger partial charge in [-0.3, -0.25) is 9.78 Å². The van der Waals surface area contributed by atoms with E-state index in [0.29, 0.717) is 11.5 Å². The second-order valence-electron chi connectivity index (χ2n) is 6.18. The molecular weight excluding hydrogens is 389 g/mol.